The highest BCUT2D eigenvalue weighted by molar-refractivity contribution is 7.89. The molecule has 1 aliphatic carbocycles. The van der Waals surface area contributed by atoms with Crippen LogP contribution in [0.1, 0.15) is 31.2 Å². The number of nitrogens with zero attached hydrogens (tertiary/aromatic N) is 1. The molecule has 1 aliphatic heterocycles. The zero-order valence-corrected chi connectivity index (χ0v) is 18.6. The molecule has 160 valence electrons. The first-order valence-electron chi connectivity index (χ1n) is 9.87. The molecule has 1 N–H and O–H groups in total. The van der Waals surface area contributed by atoms with Crippen molar-refractivity contribution in [3.63, 3.8) is 0 Å². The first-order valence-corrected chi connectivity index (χ1v) is 12.1. The minimum absolute atomic E-state index is 0.0122. The zero-order valence-electron chi connectivity index (χ0n) is 16.2. The normalized spacial score (nSPS) is 16.7. The number of hydrogen-bond acceptors (Lipinski definition) is 4. The van der Waals surface area contributed by atoms with Gasteiger partial charge in [-0.05, 0) is 61.2 Å². The first-order chi connectivity index (χ1) is 14.3. The average molecular weight is 469 g/mol. The summed E-state index contributed by atoms with van der Waals surface area (Å²) in [5, 5.41) is 0.821. The highest BCUT2D eigenvalue weighted by Gasteiger charge is 2.28. The van der Waals surface area contributed by atoms with Crippen LogP contribution in [-0.4, -0.2) is 33.5 Å². The summed E-state index contributed by atoms with van der Waals surface area (Å²) in [6.45, 7) is 0.301. The number of halogens is 2. The molecule has 1 fully saturated rings. The van der Waals surface area contributed by atoms with E-state index in [4.69, 9.17) is 27.9 Å². The van der Waals surface area contributed by atoms with Gasteiger partial charge in [-0.15, -0.1) is 0 Å². The lowest BCUT2D eigenvalue weighted by atomic mass is 10.2. The standard InChI is InChI=1S/C21H22Cl2N2O4S/c22-15-5-8-20(18(23)12-15)29-13-21(26)25-10-9-14-11-17(6-7-19(14)25)30(27,28)24-16-3-1-2-4-16/h5-8,11-12,16,24H,1-4,9-10,13H2. The number of rotatable bonds is 6. The van der Waals surface area contributed by atoms with Crippen LogP contribution in [0.25, 0.3) is 0 Å². The largest absolute Gasteiger partial charge is 0.482 e. The van der Waals surface area contributed by atoms with Gasteiger partial charge in [0.2, 0.25) is 10.0 Å². The molecule has 1 heterocycles. The molecule has 1 amide bonds. The Bertz CT molecular complexity index is 1070. The van der Waals surface area contributed by atoms with Crippen LogP contribution in [-0.2, 0) is 21.2 Å². The van der Waals surface area contributed by atoms with Crippen molar-refractivity contribution in [2.45, 2.75) is 43.0 Å². The van der Waals surface area contributed by atoms with Crippen molar-refractivity contribution in [2.75, 3.05) is 18.1 Å². The molecule has 0 spiro atoms. The van der Waals surface area contributed by atoms with Crippen LogP contribution in [0.3, 0.4) is 0 Å². The summed E-state index contributed by atoms with van der Waals surface area (Å²) < 4.78 is 33.7. The van der Waals surface area contributed by atoms with E-state index in [0.717, 1.165) is 31.2 Å². The van der Waals surface area contributed by atoms with Gasteiger partial charge in [-0.3, -0.25) is 4.79 Å². The van der Waals surface area contributed by atoms with E-state index in [2.05, 4.69) is 4.72 Å². The molecule has 4 rings (SSSR count). The van der Waals surface area contributed by atoms with Crippen LogP contribution in [0.2, 0.25) is 10.0 Å². The molecule has 2 aliphatic rings. The molecular weight excluding hydrogens is 447 g/mol. The van der Waals surface area contributed by atoms with Gasteiger partial charge in [-0.2, -0.15) is 0 Å². The second-order valence-electron chi connectivity index (χ2n) is 7.55. The third-order valence-corrected chi connectivity index (χ3v) is 7.53. The predicted molar refractivity (Wildman–Crippen MR) is 117 cm³/mol. The Morgan fingerprint density at radius 2 is 1.90 bits per heavy atom. The van der Waals surface area contributed by atoms with Crippen LogP contribution < -0.4 is 14.4 Å². The molecule has 30 heavy (non-hydrogen) atoms. The maximum absolute atomic E-state index is 12.7. The Labute approximate surface area is 186 Å². The second-order valence-corrected chi connectivity index (χ2v) is 10.1. The summed E-state index contributed by atoms with van der Waals surface area (Å²) in [5.74, 6) is 0.160. The highest BCUT2D eigenvalue weighted by atomic mass is 35.5. The van der Waals surface area contributed by atoms with Gasteiger partial charge in [0, 0.05) is 23.3 Å². The first kappa shape index (κ1) is 21.4. The fourth-order valence-electron chi connectivity index (χ4n) is 3.95. The number of benzene rings is 2. The Morgan fingerprint density at radius 1 is 1.13 bits per heavy atom. The summed E-state index contributed by atoms with van der Waals surface area (Å²) in [6, 6.07) is 9.73. The molecular formula is C21H22Cl2N2O4S. The summed E-state index contributed by atoms with van der Waals surface area (Å²) in [5.41, 5.74) is 1.55. The van der Waals surface area contributed by atoms with E-state index in [1.807, 2.05) is 0 Å². The predicted octanol–water partition coefficient (Wildman–Crippen LogP) is 4.18. The summed E-state index contributed by atoms with van der Waals surface area (Å²) in [4.78, 5) is 14.5. The number of nitrogens with one attached hydrogen (secondary N) is 1. The lowest BCUT2D eigenvalue weighted by Gasteiger charge is -2.18. The number of sulfonamides is 1. The zero-order chi connectivity index (χ0) is 21.3. The van der Waals surface area contributed by atoms with Crippen molar-refractivity contribution in [1.82, 2.24) is 4.72 Å². The summed E-state index contributed by atoms with van der Waals surface area (Å²) >= 11 is 11.9. The minimum Gasteiger partial charge on any atom is -0.482 e. The second kappa shape index (κ2) is 8.75. The van der Waals surface area contributed by atoms with E-state index < -0.39 is 10.0 Å². The van der Waals surface area contributed by atoms with Gasteiger partial charge >= 0.3 is 0 Å². The lowest BCUT2D eigenvalue weighted by Crippen LogP contribution is -2.33. The maximum Gasteiger partial charge on any atom is 0.264 e. The molecule has 2 aromatic rings. The molecule has 0 bridgehead atoms. The SMILES string of the molecule is O=C(COc1ccc(Cl)cc1Cl)N1CCc2cc(S(=O)(=O)NC3CCCC3)ccc21. The number of anilines is 1. The molecule has 0 unspecified atom stereocenters. The Morgan fingerprint density at radius 3 is 2.63 bits per heavy atom. The van der Waals surface area contributed by atoms with Crippen molar-refractivity contribution >= 4 is 44.8 Å². The van der Waals surface area contributed by atoms with E-state index in [9.17, 15) is 13.2 Å². The topological polar surface area (TPSA) is 75.7 Å². The van der Waals surface area contributed by atoms with E-state index in [1.54, 1.807) is 41.3 Å². The van der Waals surface area contributed by atoms with Gasteiger partial charge in [-0.25, -0.2) is 13.1 Å². The number of fused-ring (bicyclic) bond motifs is 1. The van der Waals surface area contributed by atoms with Gasteiger partial charge in [0.25, 0.3) is 5.91 Å². The highest BCUT2D eigenvalue weighted by Crippen LogP contribution is 2.32. The van der Waals surface area contributed by atoms with Gasteiger partial charge in [0.05, 0.1) is 9.92 Å². The van der Waals surface area contributed by atoms with Gasteiger partial charge in [0.15, 0.2) is 6.61 Å². The van der Waals surface area contributed by atoms with Crippen LogP contribution in [0.15, 0.2) is 41.3 Å². The molecule has 0 saturated heterocycles. The van der Waals surface area contributed by atoms with Crippen molar-refractivity contribution < 1.29 is 17.9 Å². The monoisotopic (exact) mass is 468 g/mol. The van der Waals surface area contributed by atoms with Crippen molar-refractivity contribution in [3.05, 3.63) is 52.0 Å². The number of carbonyl (C=O) groups excluding carboxylic acids is 1. The van der Waals surface area contributed by atoms with Crippen LogP contribution in [0, 0.1) is 0 Å². The van der Waals surface area contributed by atoms with Crippen molar-refractivity contribution in [1.29, 1.82) is 0 Å². The Kier molecular flexibility index (Phi) is 6.25. The van der Waals surface area contributed by atoms with Crippen molar-refractivity contribution in [3.8, 4) is 5.75 Å². The minimum atomic E-state index is -3.56. The summed E-state index contributed by atoms with van der Waals surface area (Å²) in [6.07, 6.45) is 4.46. The van der Waals surface area contributed by atoms with Crippen LogP contribution in [0.5, 0.6) is 5.75 Å². The van der Waals surface area contributed by atoms with Crippen LogP contribution >= 0.6 is 23.2 Å². The third-order valence-electron chi connectivity index (χ3n) is 5.48. The maximum atomic E-state index is 12.7. The molecule has 0 radical (unpaired) electrons. The molecule has 2 aromatic carbocycles. The number of amides is 1. The molecule has 6 nitrogen and oxygen atoms in total. The van der Waals surface area contributed by atoms with E-state index in [-0.39, 0.29) is 23.5 Å². The fraction of sp³-hybridized carbons (Fsp3) is 0.381. The number of hydrogen-bond donors (Lipinski definition) is 1. The van der Waals surface area contributed by atoms with E-state index in [1.165, 1.54) is 0 Å². The van der Waals surface area contributed by atoms with E-state index >= 15 is 0 Å². The fourth-order valence-corrected chi connectivity index (χ4v) is 5.76. The Hall–Kier alpha value is -1.80. The average Bonchev–Trinajstić information content (AvgIpc) is 3.35. The third kappa shape index (κ3) is 4.59. The van der Waals surface area contributed by atoms with Gasteiger partial charge in [0.1, 0.15) is 5.75 Å². The van der Waals surface area contributed by atoms with Gasteiger partial charge in [-0.1, -0.05) is 36.0 Å². The molecule has 0 aromatic heterocycles. The summed E-state index contributed by atoms with van der Waals surface area (Å²) in [7, 11) is -3.56. The molecule has 9 heteroatoms. The van der Waals surface area contributed by atoms with Gasteiger partial charge < -0.3 is 9.64 Å². The number of ether oxygens (including phenoxy) is 1. The lowest BCUT2D eigenvalue weighted by molar-refractivity contribution is -0.120. The number of carbonyl (C=O) groups is 1. The molecule has 0 atom stereocenters. The van der Waals surface area contributed by atoms with Crippen molar-refractivity contribution in [2.24, 2.45) is 0 Å². The smallest absolute Gasteiger partial charge is 0.264 e. The Balaban J connectivity index is 1.44. The molecule has 1 saturated carbocycles. The van der Waals surface area contributed by atoms with E-state index in [0.29, 0.717) is 34.4 Å². The quantitative estimate of drug-likeness (QED) is 0.689. The van der Waals surface area contributed by atoms with Crippen LogP contribution in [0.4, 0.5) is 5.69 Å².